The van der Waals surface area contributed by atoms with Gasteiger partial charge in [0.05, 0.1) is 45.9 Å². The molecule has 6 nitrogen and oxygen atoms in total. The Balaban J connectivity index is 1.03. The molecule has 0 saturated carbocycles. The minimum Gasteiger partial charge on any atom is -0.393 e. The first kappa shape index (κ1) is 36.4. The van der Waals surface area contributed by atoms with E-state index in [1.54, 1.807) is 70.0 Å². The highest BCUT2D eigenvalue weighted by Gasteiger charge is 3.07. The number of hydrogen-bond acceptors (Lipinski definition) is 6. The second-order valence-electron chi connectivity index (χ2n) is 33.0. The van der Waals surface area contributed by atoms with Gasteiger partial charge in [0.25, 0.3) is 0 Å². The van der Waals surface area contributed by atoms with Crippen molar-refractivity contribution >= 4 is 280 Å². The Morgan fingerprint density at radius 1 is 0.239 bits per heavy atom. The fourth-order valence-corrected chi connectivity index (χ4v) is 33.7. The number of benzene rings is 20. The molecule has 2 fully saturated rings. The average Bonchev–Trinajstić information content (AvgIpc) is 1.34. The molecule has 43 rings (SSSR count). The molecule has 92 heavy (non-hydrogen) atoms. The van der Waals surface area contributed by atoms with Crippen LogP contribution in [0.25, 0.3) is 280 Å². The van der Waals surface area contributed by atoms with E-state index in [1.165, 1.54) is 233 Å². The second-order valence-corrected chi connectivity index (χ2v) is 33.0. The molecule has 4 aliphatic heterocycles. The number of aliphatic hydroxyl groups is 2. The molecule has 29 aromatic carbocycles. The molecule has 30 aromatic rings. The number of aliphatic hydroxyl groups excluding tert-OH is 2. The first-order valence-electron chi connectivity index (χ1n) is 33.8. The van der Waals surface area contributed by atoms with E-state index in [0.29, 0.717) is 0 Å². The predicted molar refractivity (Wildman–Crippen MR) is 362 cm³/mol. The maximum atomic E-state index is 14.4. The topological polar surface area (TPSA) is 84.7 Å². The number of nitrogens with zero attached hydrogens (tertiary/aromatic N) is 2. The molecule has 9 aliphatic carbocycles. The molecule has 6 spiro atoms. The quantitative estimate of drug-likeness (QED) is 0.168. The summed E-state index contributed by atoms with van der Waals surface area (Å²) in [6, 6.07) is 27.3. The first-order chi connectivity index (χ1) is 45.7. The summed E-state index contributed by atoms with van der Waals surface area (Å²) in [5, 5.41) is 104. The van der Waals surface area contributed by atoms with Gasteiger partial charge in [-0.3, -0.25) is 0 Å². The fraction of sp³-hybridized carbons (Fsp3) is 0.116. The maximum absolute atomic E-state index is 14.4. The molecule has 0 radical (unpaired) electrons. The number of hydrogen-bond donors (Lipinski definition) is 2. The molecule has 13 aliphatic rings. The van der Waals surface area contributed by atoms with Gasteiger partial charge in [0.2, 0.25) is 0 Å². The Bertz CT molecular complexity index is 8800. The summed E-state index contributed by atoms with van der Waals surface area (Å²) in [6.07, 6.45) is 0. The van der Waals surface area contributed by atoms with Crippen molar-refractivity contribution in [2.24, 2.45) is 0 Å². The number of ether oxygens (including phenoxy) is 2. The third-order valence-electron chi connectivity index (χ3n) is 33.3. The van der Waals surface area contributed by atoms with E-state index in [2.05, 4.69) is 72.8 Å². The van der Waals surface area contributed by atoms with E-state index < -0.39 is 44.1 Å². The van der Waals surface area contributed by atoms with Gasteiger partial charge in [0.15, 0.2) is 11.2 Å². The van der Waals surface area contributed by atoms with Crippen molar-refractivity contribution in [2.45, 2.75) is 44.1 Å². The van der Waals surface area contributed by atoms with Crippen molar-refractivity contribution in [3.63, 3.8) is 0 Å². The largest absolute Gasteiger partial charge is 0.393 e. The maximum Gasteiger partial charge on any atom is 0.151 e. The lowest BCUT2D eigenvalue weighted by Gasteiger charge is -2.75. The van der Waals surface area contributed by atoms with E-state index in [1.807, 2.05) is 0 Å². The molecule has 0 amide bonds. The number of aromatic nitrogens is 2. The van der Waals surface area contributed by atoms with Gasteiger partial charge in [-0.25, -0.2) is 9.97 Å². The molecule has 5 heterocycles. The minimum atomic E-state index is -1.38. The number of para-hydroxylation sites is 2. The lowest BCUT2D eigenvalue weighted by molar-refractivity contribution is -0.145. The van der Waals surface area contributed by atoms with Crippen LogP contribution >= 0.6 is 0 Å². The Labute approximate surface area is 504 Å². The van der Waals surface area contributed by atoms with Crippen molar-refractivity contribution in [1.82, 2.24) is 9.97 Å². The number of fused-ring (bicyclic) bond motifs is 2. The normalized spacial score (nSPS) is 31.3. The van der Waals surface area contributed by atoms with Crippen LogP contribution in [0.1, 0.15) is 67.0 Å². The minimum absolute atomic E-state index is 0.239. The lowest BCUT2D eigenvalue weighted by Crippen LogP contribution is -2.85. The van der Waals surface area contributed by atoms with Gasteiger partial charge in [0, 0.05) is 0 Å². The van der Waals surface area contributed by atoms with Crippen LogP contribution in [0.2, 0.25) is 0 Å². The molecule has 396 valence electrons. The molecule has 4 bridgehead atoms. The van der Waals surface area contributed by atoms with Crippen molar-refractivity contribution in [2.75, 3.05) is 13.2 Å². The molecule has 8 unspecified atom stereocenters. The number of rotatable bonds is 2. The molecule has 8 atom stereocenters. The van der Waals surface area contributed by atoms with Gasteiger partial charge >= 0.3 is 0 Å². The molecule has 2 saturated heterocycles. The molecule has 2 N–H and O–H groups in total. The van der Waals surface area contributed by atoms with Crippen LogP contribution in [0.15, 0.2) is 72.8 Å². The van der Waals surface area contributed by atoms with Crippen LogP contribution in [0.3, 0.4) is 0 Å². The summed E-state index contributed by atoms with van der Waals surface area (Å²) >= 11 is 0. The summed E-state index contributed by atoms with van der Waals surface area (Å²) in [7, 11) is 0. The van der Waals surface area contributed by atoms with Gasteiger partial charge in [-0.2, -0.15) is 0 Å². The van der Waals surface area contributed by atoms with Gasteiger partial charge in [-0.05, 0) is 337 Å². The Morgan fingerprint density at radius 3 is 0.728 bits per heavy atom. The van der Waals surface area contributed by atoms with Crippen molar-refractivity contribution in [3.8, 4) is 0 Å². The first-order valence-corrected chi connectivity index (χ1v) is 33.8. The third kappa shape index (κ3) is 1.88. The zero-order chi connectivity index (χ0) is 55.7. The summed E-state index contributed by atoms with van der Waals surface area (Å²) < 4.78 is 18.8. The summed E-state index contributed by atoms with van der Waals surface area (Å²) in [5.74, 6) is 0. The van der Waals surface area contributed by atoms with E-state index in [-0.39, 0.29) is 13.2 Å². The van der Waals surface area contributed by atoms with Crippen LogP contribution in [-0.4, -0.2) is 33.4 Å². The van der Waals surface area contributed by atoms with Gasteiger partial charge in [0.1, 0.15) is 22.6 Å². The lowest BCUT2D eigenvalue weighted by atomic mass is 9.21. The predicted octanol–water partition coefficient (Wildman–Crippen LogP) is 17.8. The smallest absolute Gasteiger partial charge is 0.151 e. The van der Waals surface area contributed by atoms with Gasteiger partial charge in [-0.15, -0.1) is 0 Å². The summed E-state index contributed by atoms with van der Waals surface area (Å²) in [6.45, 7) is -0.478. The Hall–Kier alpha value is -10.4. The fourth-order valence-electron chi connectivity index (χ4n) is 33.7. The molecular weight excluding hydrogens is 1120 g/mol. The van der Waals surface area contributed by atoms with Crippen molar-refractivity contribution < 1.29 is 19.7 Å². The average molecular weight is 1140 g/mol. The standard InChI is InChI=1S/C86H18N2O4/c89-13-79-15-7-1-3-9-17(15)83(91-79)77-78(88-20-12-6-5-11-19(20)87-77)84-18-10-4-2-8-16(18)80(14-90,92-84)82-72-63-56-48-39-31-24-22-21-23-25-26(24)33-37(31)50(56)58-52-41(33)40-32(25)36-30(23)38-34-27(21)29-28(22)35(39)44-46-42(29)45-43(34)53-47(38)55-49(36)57-51(40)61(52)70-73-66(57)62(55)71-64(53)68-59(45)60(46)69(65(72)54(44)48)76(82)75(68)81(71,79)85(73,83)86(82,84)74(70)67(58)63/h1-12,89-90H,13-14H2. The van der Waals surface area contributed by atoms with Gasteiger partial charge < -0.3 is 19.7 Å². The SMILES string of the molecule is OCC12OC3(c4ccccc41)c1nc4ccccc4nc1C14OC(CO)(c5ccccc51)C15c6c7c8c9c%10c%11c%12c%13c%14c(c%15c%16c1c1c6c6c8c8c%17c9c9c%11c%11c%12c%12c%14c%14c%15c%15c%16c%16c1c1c6c8c6c8c%17c9c9c%11c%11c%12c%14c%12c%15c%14c%16c1c6c1c%14c%12c%11c9c81)C45C%133C7%102. The van der Waals surface area contributed by atoms with Crippen LogP contribution in [0, 0.1) is 0 Å². The highest BCUT2D eigenvalue weighted by Crippen LogP contribution is 3.04. The zero-order valence-corrected chi connectivity index (χ0v) is 46.9. The summed E-state index contributed by atoms with van der Waals surface area (Å²) in [4.78, 5) is 12.8. The zero-order valence-electron chi connectivity index (χ0n) is 46.9. The van der Waals surface area contributed by atoms with E-state index in [0.717, 1.165) is 44.7 Å². The van der Waals surface area contributed by atoms with Crippen LogP contribution < -0.4 is 0 Å². The third-order valence-corrected chi connectivity index (χ3v) is 33.3. The Morgan fingerprint density at radius 2 is 0.457 bits per heavy atom. The van der Waals surface area contributed by atoms with E-state index in [4.69, 9.17) is 9.97 Å². The van der Waals surface area contributed by atoms with Crippen LogP contribution in [0.4, 0.5) is 0 Å². The van der Waals surface area contributed by atoms with Gasteiger partial charge in [-0.1, -0.05) is 60.7 Å². The second kappa shape index (κ2) is 8.32. The molecule has 1 aromatic heterocycles. The van der Waals surface area contributed by atoms with Crippen molar-refractivity contribution in [3.05, 3.63) is 140 Å². The van der Waals surface area contributed by atoms with E-state index >= 15 is 0 Å². The molecular formula is C86H18N2O4. The highest BCUT2D eigenvalue weighted by atomic mass is 16.6. The van der Waals surface area contributed by atoms with E-state index in [9.17, 15) is 19.7 Å². The molecule has 6 heteroatoms. The van der Waals surface area contributed by atoms with Crippen molar-refractivity contribution in [1.29, 1.82) is 0 Å². The monoisotopic (exact) mass is 1140 g/mol. The van der Waals surface area contributed by atoms with Crippen LogP contribution in [0.5, 0.6) is 0 Å². The summed E-state index contributed by atoms with van der Waals surface area (Å²) in [5.41, 5.74) is 6.26. The Kier molecular flexibility index (Phi) is 3.29. The van der Waals surface area contributed by atoms with Crippen LogP contribution in [-0.2, 0) is 53.5 Å². The highest BCUT2D eigenvalue weighted by molar-refractivity contribution is 6.81.